The summed E-state index contributed by atoms with van der Waals surface area (Å²) in [5.74, 6) is -0.804. The number of nitrogens with zero attached hydrogens (tertiary/aromatic N) is 1. The molecule has 0 saturated carbocycles. The summed E-state index contributed by atoms with van der Waals surface area (Å²) in [4.78, 5) is 39.5. The first-order valence-corrected chi connectivity index (χ1v) is 10.4. The van der Waals surface area contributed by atoms with Crippen LogP contribution >= 0.6 is 11.3 Å². The lowest BCUT2D eigenvalue weighted by Crippen LogP contribution is -2.35. The number of anilines is 1. The van der Waals surface area contributed by atoms with Gasteiger partial charge in [0.05, 0.1) is 26.3 Å². The molecule has 0 fully saturated rings. The van der Waals surface area contributed by atoms with Crippen LogP contribution in [0.4, 0.5) is 9.80 Å². The first-order valence-electron chi connectivity index (χ1n) is 9.63. The van der Waals surface area contributed by atoms with Gasteiger partial charge in [-0.2, -0.15) is 0 Å². The summed E-state index contributed by atoms with van der Waals surface area (Å²) in [5, 5.41) is 3.29. The van der Waals surface area contributed by atoms with Gasteiger partial charge in [-0.25, -0.2) is 9.59 Å². The van der Waals surface area contributed by atoms with Crippen molar-refractivity contribution < 1.29 is 23.9 Å². The number of esters is 1. The van der Waals surface area contributed by atoms with Crippen LogP contribution < -0.4 is 5.32 Å². The SMILES string of the molecule is COC(=O)c1c(NC(=O)c2ccc(C(C)(C)C)cc2)sc2c1CCN(C(=O)OC)C2. The van der Waals surface area contributed by atoms with Crippen LogP contribution in [0.1, 0.15) is 57.5 Å². The van der Waals surface area contributed by atoms with Crippen LogP contribution in [-0.4, -0.2) is 43.6 Å². The number of fused-ring (bicyclic) bond motifs is 1. The van der Waals surface area contributed by atoms with Crippen LogP contribution in [0.5, 0.6) is 0 Å². The van der Waals surface area contributed by atoms with Gasteiger partial charge in [0.1, 0.15) is 5.00 Å². The molecule has 0 atom stereocenters. The van der Waals surface area contributed by atoms with Gasteiger partial charge in [0, 0.05) is 17.0 Å². The van der Waals surface area contributed by atoms with Gasteiger partial charge in [0.15, 0.2) is 0 Å². The van der Waals surface area contributed by atoms with Gasteiger partial charge in [0.2, 0.25) is 0 Å². The third-order valence-corrected chi connectivity index (χ3v) is 6.25. The summed E-state index contributed by atoms with van der Waals surface area (Å²) in [7, 11) is 2.65. The lowest BCUT2D eigenvalue weighted by atomic mass is 9.87. The average molecular weight is 431 g/mol. The molecule has 0 aliphatic carbocycles. The van der Waals surface area contributed by atoms with Crippen molar-refractivity contribution in [3.8, 4) is 0 Å². The molecule has 1 aromatic heterocycles. The van der Waals surface area contributed by atoms with Crippen LogP contribution in [0.3, 0.4) is 0 Å². The Morgan fingerprint density at radius 3 is 2.30 bits per heavy atom. The zero-order chi connectivity index (χ0) is 22.1. The van der Waals surface area contributed by atoms with Crippen LogP contribution in [0.15, 0.2) is 24.3 Å². The van der Waals surface area contributed by atoms with Gasteiger partial charge in [-0.15, -0.1) is 11.3 Å². The number of hydrogen-bond donors (Lipinski definition) is 1. The second-order valence-electron chi connectivity index (χ2n) is 8.12. The Balaban J connectivity index is 1.88. The van der Waals surface area contributed by atoms with E-state index in [2.05, 4.69) is 26.1 Å². The van der Waals surface area contributed by atoms with Crippen LogP contribution in [0, 0.1) is 0 Å². The normalized spacial score (nSPS) is 13.4. The van der Waals surface area contributed by atoms with Crippen molar-refractivity contribution in [2.45, 2.75) is 39.2 Å². The number of amides is 2. The van der Waals surface area contributed by atoms with Gasteiger partial charge in [-0.1, -0.05) is 32.9 Å². The number of thiophene rings is 1. The summed E-state index contributed by atoms with van der Waals surface area (Å²) >= 11 is 1.29. The zero-order valence-corrected chi connectivity index (χ0v) is 18.6. The number of methoxy groups -OCH3 is 2. The second-order valence-corrected chi connectivity index (χ2v) is 9.23. The maximum absolute atomic E-state index is 12.8. The first kappa shape index (κ1) is 21.8. The molecule has 2 amide bonds. The van der Waals surface area contributed by atoms with E-state index in [-0.39, 0.29) is 11.3 Å². The molecule has 1 aliphatic heterocycles. The summed E-state index contributed by atoms with van der Waals surface area (Å²) < 4.78 is 9.74. The molecule has 0 spiro atoms. The highest BCUT2D eigenvalue weighted by atomic mass is 32.1. The average Bonchev–Trinajstić information content (AvgIpc) is 3.08. The maximum atomic E-state index is 12.8. The topological polar surface area (TPSA) is 84.9 Å². The van der Waals surface area contributed by atoms with E-state index in [1.807, 2.05) is 12.1 Å². The molecule has 0 bridgehead atoms. The minimum Gasteiger partial charge on any atom is -0.465 e. The number of carbonyl (C=O) groups is 3. The third kappa shape index (κ3) is 4.33. The fraction of sp³-hybridized carbons (Fsp3) is 0.409. The van der Waals surface area contributed by atoms with Crippen molar-refractivity contribution in [3.05, 3.63) is 51.4 Å². The van der Waals surface area contributed by atoms with E-state index in [0.29, 0.717) is 35.6 Å². The molecule has 2 heterocycles. The van der Waals surface area contributed by atoms with Crippen LogP contribution in [0.2, 0.25) is 0 Å². The molecule has 8 heteroatoms. The predicted molar refractivity (Wildman–Crippen MR) is 115 cm³/mol. The van der Waals surface area contributed by atoms with Crippen molar-refractivity contribution in [2.75, 3.05) is 26.1 Å². The minimum atomic E-state index is -0.502. The first-order chi connectivity index (χ1) is 14.2. The summed E-state index contributed by atoms with van der Waals surface area (Å²) in [6, 6.07) is 7.42. The highest BCUT2D eigenvalue weighted by Crippen LogP contribution is 2.38. The predicted octanol–water partition coefficient (Wildman–Crippen LogP) is 4.21. The highest BCUT2D eigenvalue weighted by Gasteiger charge is 2.31. The number of carbonyl (C=O) groups excluding carboxylic acids is 3. The summed E-state index contributed by atoms with van der Waals surface area (Å²) in [6.45, 7) is 7.09. The molecule has 0 unspecified atom stereocenters. The molecule has 7 nitrogen and oxygen atoms in total. The second kappa shape index (κ2) is 8.47. The Bertz CT molecular complexity index is 973. The van der Waals surface area contributed by atoms with Crippen LogP contribution in [0.25, 0.3) is 0 Å². The molecule has 1 aromatic carbocycles. The van der Waals surface area contributed by atoms with E-state index in [9.17, 15) is 14.4 Å². The van der Waals surface area contributed by atoms with Gasteiger partial charge in [-0.05, 0) is 35.1 Å². The monoisotopic (exact) mass is 430 g/mol. The lowest BCUT2D eigenvalue weighted by molar-refractivity contribution is 0.0600. The number of ether oxygens (including phenoxy) is 2. The molecular weight excluding hydrogens is 404 g/mol. The largest absolute Gasteiger partial charge is 0.465 e. The highest BCUT2D eigenvalue weighted by molar-refractivity contribution is 7.17. The Kier molecular flexibility index (Phi) is 6.17. The van der Waals surface area contributed by atoms with Gasteiger partial charge >= 0.3 is 12.1 Å². The van der Waals surface area contributed by atoms with E-state index in [1.165, 1.54) is 25.6 Å². The fourth-order valence-corrected chi connectivity index (χ4v) is 4.64. The van der Waals surface area contributed by atoms with E-state index in [1.54, 1.807) is 17.0 Å². The summed E-state index contributed by atoms with van der Waals surface area (Å²) in [5.41, 5.74) is 2.79. The van der Waals surface area contributed by atoms with E-state index < -0.39 is 12.1 Å². The maximum Gasteiger partial charge on any atom is 0.409 e. The van der Waals surface area contributed by atoms with Gasteiger partial charge < -0.3 is 19.7 Å². The van der Waals surface area contributed by atoms with Crippen molar-refractivity contribution in [1.82, 2.24) is 4.90 Å². The number of nitrogens with one attached hydrogen (secondary N) is 1. The molecule has 1 aliphatic rings. The minimum absolute atomic E-state index is 0.00855. The molecule has 0 saturated heterocycles. The Morgan fingerprint density at radius 2 is 1.73 bits per heavy atom. The van der Waals surface area contributed by atoms with Crippen LogP contribution in [-0.2, 0) is 27.9 Å². The number of rotatable bonds is 3. The van der Waals surface area contributed by atoms with Gasteiger partial charge in [-0.3, -0.25) is 4.79 Å². The standard InChI is InChI=1S/C22H26N2O5S/c1-22(2,3)14-8-6-13(7-9-14)18(25)23-19-17(20(26)28-4)15-10-11-24(21(27)29-5)12-16(15)30-19/h6-9H,10-12H2,1-5H3,(H,23,25). The molecule has 160 valence electrons. The third-order valence-electron chi connectivity index (χ3n) is 5.12. The smallest absolute Gasteiger partial charge is 0.409 e. The molecule has 0 radical (unpaired) electrons. The molecular formula is C22H26N2O5S. The number of hydrogen-bond acceptors (Lipinski definition) is 6. The Hall–Kier alpha value is -2.87. The van der Waals surface area contributed by atoms with E-state index in [0.717, 1.165) is 16.0 Å². The van der Waals surface area contributed by atoms with Crippen molar-refractivity contribution in [3.63, 3.8) is 0 Å². The number of benzene rings is 1. The van der Waals surface area contributed by atoms with E-state index in [4.69, 9.17) is 9.47 Å². The van der Waals surface area contributed by atoms with Crippen molar-refractivity contribution >= 4 is 34.3 Å². The van der Waals surface area contributed by atoms with E-state index >= 15 is 0 Å². The molecule has 30 heavy (non-hydrogen) atoms. The van der Waals surface area contributed by atoms with Crippen molar-refractivity contribution in [2.24, 2.45) is 0 Å². The quantitative estimate of drug-likeness (QED) is 0.738. The summed E-state index contributed by atoms with van der Waals surface area (Å²) in [6.07, 6.45) is 0.0693. The lowest BCUT2D eigenvalue weighted by Gasteiger charge is -2.25. The van der Waals surface area contributed by atoms with Crippen molar-refractivity contribution in [1.29, 1.82) is 0 Å². The molecule has 2 aromatic rings. The van der Waals surface area contributed by atoms with Gasteiger partial charge in [0.25, 0.3) is 5.91 Å². The Labute approximate surface area is 180 Å². The Morgan fingerprint density at radius 1 is 1.07 bits per heavy atom. The molecule has 3 rings (SSSR count). The molecule has 1 N–H and O–H groups in total. The zero-order valence-electron chi connectivity index (χ0n) is 17.8. The fourth-order valence-electron chi connectivity index (χ4n) is 3.39.